The highest BCUT2D eigenvalue weighted by Crippen LogP contribution is 2.21. The second-order valence-electron chi connectivity index (χ2n) is 5.76. The Morgan fingerprint density at radius 2 is 1.71 bits per heavy atom. The van der Waals surface area contributed by atoms with Crippen molar-refractivity contribution in [3.8, 4) is 11.5 Å². The van der Waals surface area contributed by atoms with Gasteiger partial charge in [-0.05, 0) is 37.1 Å². The van der Waals surface area contributed by atoms with Gasteiger partial charge in [-0.2, -0.15) is 0 Å². The number of hydrogen-bond acceptors (Lipinski definition) is 5. The first-order valence-electron chi connectivity index (χ1n) is 8.05. The standard InChI is InChI=1S/C17H18ClN3O3/c18-13-7-5-12(6-8-13)17-20-19-14(24-17)4-2-1-3-11-21-15(22)9-10-16(21)23/h5-8H,1-4,9-11H2. The molecule has 0 bridgehead atoms. The van der Waals surface area contributed by atoms with Crippen molar-refractivity contribution in [3.63, 3.8) is 0 Å². The summed E-state index contributed by atoms with van der Waals surface area (Å²) in [7, 11) is 0. The summed E-state index contributed by atoms with van der Waals surface area (Å²) in [6.45, 7) is 0.511. The maximum absolute atomic E-state index is 11.5. The van der Waals surface area contributed by atoms with Gasteiger partial charge in [0.25, 0.3) is 0 Å². The van der Waals surface area contributed by atoms with E-state index in [1.54, 1.807) is 12.1 Å². The molecule has 0 radical (unpaired) electrons. The van der Waals surface area contributed by atoms with Crippen LogP contribution in [0, 0.1) is 0 Å². The molecule has 2 heterocycles. The minimum absolute atomic E-state index is 0.0514. The van der Waals surface area contributed by atoms with E-state index in [0.29, 0.717) is 42.6 Å². The summed E-state index contributed by atoms with van der Waals surface area (Å²) in [4.78, 5) is 24.4. The Balaban J connectivity index is 1.42. The molecule has 2 aromatic rings. The van der Waals surface area contributed by atoms with E-state index < -0.39 is 0 Å². The van der Waals surface area contributed by atoms with Crippen LogP contribution in [0.25, 0.3) is 11.5 Å². The van der Waals surface area contributed by atoms with Crippen LogP contribution < -0.4 is 0 Å². The van der Waals surface area contributed by atoms with Gasteiger partial charge in [0, 0.05) is 36.4 Å². The first-order valence-corrected chi connectivity index (χ1v) is 8.43. The fourth-order valence-corrected chi connectivity index (χ4v) is 2.78. The predicted octanol–water partition coefficient (Wildman–Crippen LogP) is 3.25. The highest BCUT2D eigenvalue weighted by molar-refractivity contribution is 6.30. The van der Waals surface area contributed by atoms with E-state index in [1.807, 2.05) is 12.1 Å². The molecule has 7 heteroatoms. The maximum atomic E-state index is 11.5. The van der Waals surface area contributed by atoms with Crippen LogP contribution in [0.15, 0.2) is 28.7 Å². The number of aryl methyl sites for hydroxylation is 1. The van der Waals surface area contributed by atoms with E-state index >= 15 is 0 Å². The third-order valence-corrected chi connectivity index (χ3v) is 4.24. The second kappa shape index (κ2) is 7.57. The normalized spacial score (nSPS) is 14.6. The van der Waals surface area contributed by atoms with Crippen molar-refractivity contribution in [2.24, 2.45) is 0 Å². The van der Waals surface area contributed by atoms with Crippen LogP contribution in [0.3, 0.4) is 0 Å². The third-order valence-electron chi connectivity index (χ3n) is 3.99. The average Bonchev–Trinajstić information content (AvgIpc) is 3.16. The zero-order valence-electron chi connectivity index (χ0n) is 13.2. The molecule has 0 saturated carbocycles. The van der Waals surface area contributed by atoms with Crippen LogP contribution in [-0.2, 0) is 16.0 Å². The Kier molecular flexibility index (Phi) is 5.25. The first kappa shape index (κ1) is 16.6. The van der Waals surface area contributed by atoms with Crippen LogP contribution in [0.4, 0.5) is 0 Å². The van der Waals surface area contributed by atoms with E-state index in [-0.39, 0.29) is 11.8 Å². The van der Waals surface area contributed by atoms with E-state index in [1.165, 1.54) is 4.90 Å². The summed E-state index contributed by atoms with van der Waals surface area (Å²) < 4.78 is 5.64. The molecule has 0 atom stereocenters. The number of hydrogen-bond donors (Lipinski definition) is 0. The first-order chi connectivity index (χ1) is 11.6. The Morgan fingerprint density at radius 3 is 2.42 bits per heavy atom. The average molecular weight is 348 g/mol. The minimum atomic E-state index is -0.0514. The molecular weight excluding hydrogens is 330 g/mol. The summed E-state index contributed by atoms with van der Waals surface area (Å²) in [6.07, 6.45) is 3.97. The lowest BCUT2D eigenvalue weighted by molar-refractivity contribution is -0.138. The van der Waals surface area contributed by atoms with Crippen LogP contribution >= 0.6 is 11.6 Å². The second-order valence-corrected chi connectivity index (χ2v) is 6.19. The Labute approximate surface area is 144 Å². The lowest BCUT2D eigenvalue weighted by Gasteiger charge is -2.12. The maximum Gasteiger partial charge on any atom is 0.247 e. The summed E-state index contributed by atoms with van der Waals surface area (Å²) in [5.74, 6) is 0.970. The lowest BCUT2D eigenvalue weighted by Crippen LogP contribution is -2.29. The van der Waals surface area contributed by atoms with Gasteiger partial charge < -0.3 is 4.42 Å². The monoisotopic (exact) mass is 347 g/mol. The zero-order valence-corrected chi connectivity index (χ0v) is 14.0. The van der Waals surface area contributed by atoms with Gasteiger partial charge in [-0.1, -0.05) is 18.0 Å². The molecule has 0 aliphatic carbocycles. The van der Waals surface area contributed by atoms with E-state index in [2.05, 4.69) is 10.2 Å². The minimum Gasteiger partial charge on any atom is -0.421 e. The van der Waals surface area contributed by atoms with E-state index in [9.17, 15) is 9.59 Å². The Bertz CT molecular complexity index is 711. The van der Waals surface area contributed by atoms with Crippen molar-refractivity contribution in [2.75, 3.05) is 6.54 Å². The lowest BCUT2D eigenvalue weighted by atomic mass is 10.2. The van der Waals surface area contributed by atoms with Gasteiger partial charge in [-0.3, -0.25) is 14.5 Å². The topological polar surface area (TPSA) is 76.3 Å². The molecule has 6 nitrogen and oxygen atoms in total. The molecule has 0 N–H and O–H groups in total. The molecule has 1 fully saturated rings. The molecule has 1 aromatic heterocycles. The summed E-state index contributed by atoms with van der Waals surface area (Å²) >= 11 is 5.86. The molecule has 1 saturated heterocycles. The summed E-state index contributed by atoms with van der Waals surface area (Å²) in [5.41, 5.74) is 0.837. The van der Waals surface area contributed by atoms with Crippen molar-refractivity contribution < 1.29 is 14.0 Å². The largest absolute Gasteiger partial charge is 0.421 e. The van der Waals surface area contributed by atoms with Gasteiger partial charge in [-0.25, -0.2) is 0 Å². The number of nitrogens with zero attached hydrogens (tertiary/aromatic N) is 3. The van der Waals surface area contributed by atoms with Gasteiger partial charge in [-0.15, -0.1) is 10.2 Å². The van der Waals surface area contributed by atoms with Gasteiger partial charge >= 0.3 is 0 Å². The highest BCUT2D eigenvalue weighted by atomic mass is 35.5. The molecule has 24 heavy (non-hydrogen) atoms. The fraction of sp³-hybridized carbons (Fsp3) is 0.412. The van der Waals surface area contributed by atoms with Crippen LogP contribution in [0.1, 0.15) is 38.0 Å². The zero-order chi connectivity index (χ0) is 16.9. The quantitative estimate of drug-likeness (QED) is 0.567. The van der Waals surface area contributed by atoms with Gasteiger partial charge in [0.2, 0.25) is 23.6 Å². The number of aromatic nitrogens is 2. The van der Waals surface area contributed by atoms with E-state index in [0.717, 1.165) is 24.8 Å². The van der Waals surface area contributed by atoms with Crippen molar-refractivity contribution in [1.29, 1.82) is 0 Å². The molecule has 0 unspecified atom stereocenters. The Morgan fingerprint density at radius 1 is 1.00 bits per heavy atom. The Hall–Kier alpha value is -2.21. The van der Waals surface area contributed by atoms with Crippen molar-refractivity contribution in [1.82, 2.24) is 15.1 Å². The van der Waals surface area contributed by atoms with Crippen molar-refractivity contribution in [2.45, 2.75) is 38.5 Å². The number of likely N-dealkylation sites (tertiary alicyclic amines) is 1. The van der Waals surface area contributed by atoms with Crippen LogP contribution in [0.2, 0.25) is 5.02 Å². The molecule has 126 valence electrons. The van der Waals surface area contributed by atoms with Crippen LogP contribution in [0.5, 0.6) is 0 Å². The molecule has 1 aliphatic rings. The number of carbonyl (C=O) groups excluding carboxylic acids is 2. The van der Waals surface area contributed by atoms with Crippen LogP contribution in [-0.4, -0.2) is 33.5 Å². The third kappa shape index (κ3) is 4.00. The number of unbranched alkanes of at least 4 members (excludes halogenated alkanes) is 2. The number of halogens is 1. The fourth-order valence-electron chi connectivity index (χ4n) is 2.66. The molecule has 2 amide bonds. The number of benzene rings is 1. The molecule has 3 rings (SSSR count). The van der Waals surface area contributed by atoms with Crippen molar-refractivity contribution in [3.05, 3.63) is 35.2 Å². The predicted molar refractivity (Wildman–Crippen MR) is 88.3 cm³/mol. The SMILES string of the molecule is O=C1CCC(=O)N1CCCCCc1nnc(-c2ccc(Cl)cc2)o1. The molecular formula is C17H18ClN3O3. The number of amides is 2. The van der Waals surface area contributed by atoms with Crippen molar-refractivity contribution >= 4 is 23.4 Å². The van der Waals surface area contributed by atoms with E-state index in [4.69, 9.17) is 16.0 Å². The number of carbonyl (C=O) groups is 2. The molecule has 1 aromatic carbocycles. The summed E-state index contributed by atoms with van der Waals surface area (Å²) in [5, 5.41) is 8.75. The van der Waals surface area contributed by atoms with Gasteiger partial charge in [0.05, 0.1) is 0 Å². The highest BCUT2D eigenvalue weighted by Gasteiger charge is 2.27. The summed E-state index contributed by atoms with van der Waals surface area (Å²) in [6, 6.07) is 7.23. The van der Waals surface area contributed by atoms with Gasteiger partial charge in [0.1, 0.15) is 0 Å². The molecule has 1 aliphatic heterocycles. The number of imide groups is 1. The number of rotatable bonds is 7. The van der Waals surface area contributed by atoms with Gasteiger partial charge in [0.15, 0.2) is 0 Å². The smallest absolute Gasteiger partial charge is 0.247 e. The molecule has 0 spiro atoms.